The second kappa shape index (κ2) is 24.1. The van der Waals surface area contributed by atoms with Gasteiger partial charge in [0.25, 0.3) is 0 Å². The quantitative estimate of drug-likeness (QED) is 0.173. The first-order valence-corrected chi connectivity index (χ1v) is 11.1. The summed E-state index contributed by atoms with van der Waals surface area (Å²) in [6, 6.07) is 0. The van der Waals surface area contributed by atoms with Gasteiger partial charge in [0.05, 0.1) is 7.11 Å². The van der Waals surface area contributed by atoms with Gasteiger partial charge in [0.15, 0.2) is 0 Å². The van der Waals surface area contributed by atoms with Crippen molar-refractivity contribution in [3.05, 3.63) is 12.2 Å². The smallest absolute Gasteiger partial charge is 1.00 e. The molecule has 0 spiro atoms. The van der Waals surface area contributed by atoms with Crippen LogP contribution in [0.2, 0.25) is 0 Å². The zero-order valence-corrected chi connectivity index (χ0v) is 20.3. The summed E-state index contributed by atoms with van der Waals surface area (Å²) in [6.07, 6.45) is 21.2. The van der Waals surface area contributed by atoms with E-state index in [1.54, 1.807) is 0 Å². The molecule has 0 aromatic rings. The van der Waals surface area contributed by atoms with Gasteiger partial charge in [-0.3, -0.25) is 13.5 Å². The summed E-state index contributed by atoms with van der Waals surface area (Å²) >= 11 is 0. The van der Waals surface area contributed by atoms with Gasteiger partial charge in [-0.15, -0.1) is 0 Å². The maximum absolute atomic E-state index is 10.3. The minimum atomic E-state index is -4.16. The van der Waals surface area contributed by atoms with Crippen LogP contribution < -0.4 is 29.6 Å². The number of unbranched alkanes of at least 4 members (excludes halogenated alkanes) is 11. The summed E-state index contributed by atoms with van der Waals surface area (Å²) in [6.45, 7) is 2.26. The SMILES string of the molecule is CCCCCCCCC=CCCCCCCCC(=O)O.COS(=O)(=O)O.[H-].[Na+]. The summed E-state index contributed by atoms with van der Waals surface area (Å²) < 4.78 is 29.7. The molecule has 27 heavy (non-hydrogen) atoms. The fourth-order valence-electron chi connectivity index (χ4n) is 2.35. The van der Waals surface area contributed by atoms with Crippen LogP contribution in [-0.2, 0) is 19.4 Å². The van der Waals surface area contributed by atoms with E-state index in [9.17, 15) is 13.2 Å². The summed E-state index contributed by atoms with van der Waals surface area (Å²) in [7, 11) is -3.29. The van der Waals surface area contributed by atoms with E-state index in [4.69, 9.17) is 9.66 Å². The molecular weight excluding hydrogens is 379 g/mol. The summed E-state index contributed by atoms with van der Waals surface area (Å²) in [5.41, 5.74) is 0. The molecule has 8 heteroatoms. The third kappa shape index (κ3) is 37.5. The zero-order chi connectivity index (χ0) is 20.1. The summed E-state index contributed by atoms with van der Waals surface area (Å²) in [5.74, 6) is -0.664. The number of carbonyl (C=O) groups is 1. The normalized spacial score (nSPS) is 10.9. The molecule has 0 unspecified atom stereocenters. The number of allylic oxidation sites excluding steroid dienone is 2. The van der Waals surface area contributed by atoms with Crippen molar-refractivity contribution in [2.24, 2.45) is 0 Å². The average Bonchev–Trinajstić information content (AvgIpc) is 2.58. The second-order valence-corrected chi connectivity index (χ2v) is 7.51. The molecule has 0 bridgehead atoms. The zero-order valence-electron chi connectivity index (χ0n) is 18.5. The van der Waals surface area contributed by atoms with Crippen LogP contribution in [0.25, 0.3) is 0 Å². The van der Waals surface area contributed by atoms with Gasteiger partial charge in [-0.25, -0.2) is 0 Å². The average molecular weight is 419 g/mol. The van der Waals surface area contributed by atoms with Crippen LogP contribution in [0.4, 0.5) is 0 Å². The van der Waals surface area contributed by atoms with E-state index < -0.39 is 16.4 Å². The number of rotatable bonds is 16. The first-order valence-electron chi connectivity index (χ1n) is 9.73. The molecule has 158 valence electrons. The van der Waals surface area contributed by atoms with E-state index >= 15 is 0 Å². The van der Waals surface area contributed by atoms with Crippen molar-refractivity contribution >= 4 is 16.4 Å². The standard InChI is InChI=1S/C18H34O2.CH4O4S.Na.H/c1-2-3-4-5-6-7-8-9-10-11-12-13-14-15-16-17-18(19)20;1-5-6(2,3)4;;/h9-10H,2-8,11-17H2,1H3,(H,19,20);1H3,(H,2,3,4);;/q;;+1;-1. The largest absolute Gasteiger partial charge is 1.00 e. The Labute approximate surface area is 189 Å². The fraction of sp³-hybridized carbons (Fsp3) is 0.842. The van der Waals surface area contributed by atoms with Crippen molar-refractivity contribution in [2.45, 2.75) is 96.8 Å². The van der Waals surface area contributed by atoms with Crippen molar-refractivity contribution in [3.63, 3.8) is 0 Å². The molecule has 0 saturated heterocycles. The number of hydrogen-bond donors (Lipinski definition) is 2. The first kappa shape index (κ1) is 31.8. The fourth-order valence-corrected chi connectivity index (χ4v) is 2.35. The van der Waals surface area contributed by atoms with Gasteiger partial charge in [0.2, 0.25) is 0 Å². The van der Waals surface area contributed by atoms with Gasteiger partial charge < -0.3 is 6.53 Å². The number of carboxylic acids is 1. The maximum atomic E-state index is 10.3. The molecule has 0 aliphatic heterocycles. The van der Waals surface area contributed by atoms with Crippen LogP contribution in [0.15, 0.2) is 12.2 Å². The van der Waals surface area contributed by atoms with Gasteiger partial charge in [-0.05, 0) is 32.1 Å². The minimum Gasteiger partial charge on any atom is -1.00 e. The molecule has 2 N–H and O–H groups in total. The van der Waals surface area contributed by atoms with Crippen LogP contribution >= 0.6 is 0 Å². The predicted molar refractivity (Wildman–Crippen MR) is 107 cm³/mol. The minimum absolute atomic E-state index is 0. The Hall–Kier alpha value is 0.0800. The second-order valence-electron chi connectivity index (χ2n) is 6.32. The molecular formula is C19H39NaO6S. The molecule has 0 atom stereocenters. The molecule has 0 amide bonds. The molecule has 0 aliphatic rings. The van der Waals surface area contributed by atoms with Crippen LogP contribution in [0.3, 0.4) is 0 Å². The Morgan fingerprint density at radius 1 is 0.889 bits per heavy atom. The van der Waals surface area contributed by atoms with Crippen LogP contribution in [0.5, 0.6) is 0 Å². The predicted octanol–water partition coefficient (Wildman–Crippen LogP) is 2.66. The third-order valence-electron chi connectivity index (χ3n) is 3.86. The van der Waals surface area contributed by atoms with Gasteiger partial charge in [0.1, 0.15) is 0 Å². The van der Waals surface area contributed by atoms with Crippen molar-refractivity contribution < 1.29 is 58.0 Å². The Morgan fingerprint density at radius 2 is 1.26 bits per heavy atom. The van der Waals surface area contributed by atoms with Gasteiger partial charge in [-0.2, -0.15) is 8.42 Å². The molecule has 0 rings (SSSR count). The molecule has 0 aromatic carbocycles. The summed E-state index contributed by atoms with van der Waals surface area (Å²) in [5, 5.41) is 8.51. The molecule has 0 aromatic heterocycles. The molecule has 0 fully saturated rings. The number of hydrogen-bond acceptors (Lipinski definition) is 4. The maximum Gasteiger partial charge on any atom is 1.00 e. The number of carboxylic acid groups (broad SMARTS) is 1. The van der Waals surface area contributed by atoms with Crippen LogP contribution in [0, 0.1) is 0 Å². The van der Waals surface area contributed by atoms with Crippen molar-refractivity contribution in [3.8, 4) is 0 Å². The topological polar surface area (TPSA) is 101 Å². The Kier molecular flexibility index (Phi) is 28.4. The Balaban J connectivity index is -0.000000312. The van der Waals surface area contributed by atoms with E-state index in [-0.39, 0.29) is 31.0 Å². The van der Waals surface area contributed by atoms with Crippen LogP contribution in [-0.4, -0.2) is 31.2 Å². The molecule has 0 heterocycles. The molecule has 0 aliphatic carbocycles. The van der Waals surface area contributed by atoms with E-state index in [2.05, 4.69) is 23.3 Å². The number of aliphatic carboxylic acids is 1. The molecule has 6 nitrogen and oxygen atoms in total. The van der Waals surface area contributed by atoms with E-state index in [0.29, 0.717) is 6.42 Å². The van der Waals surface area contributed by atoms with E-state index in [0.717, 1.165) is 20.0 Å². The van der Waals surface area contributed by atoms with Gasteiger partial charge >= 0.3 is 45.9 Å². The van der Waals surface area contributed by atoms with Gasteiger partial charge in [-0.1, -0.05) is 70.4 Å². The van der Waals surface area contributed by atoms with E-state index in [1.807, 2.05) is 0 Å². The summed E-state index contributed by atoms with van der Waals surface area (Å²) in [4.78, 5) is 10.3. The third-order valence-corrected chi connectivity index (χ3v) is 4.28. The Morgan fingerprint density at radius 3 is 1.63 bits per heavy atom. The van der Waals surface area contributed by atoms with Crippen molar-refractivity contribution in [2.75, 3.05) is 7.11 Å². The van der Waals surface area contributed by atoms with E-state index in [1.165, 1.54) is 70.6 Å². The monoisotopic (exact) mass is 418 g/mol. The van der Waals surface area contributed by atoms with Crippen molar-refractivity contribution in [1.82, 2.24) is 0 Å². The molecule has 0 radical (unpaired) electrons. The van der Waals surface area contributed by atoms with Gasteiger partial charge in [0, 0.05) is 6.42 Å². The molecule has 0 saturated carbocycles. The van der Waals surface area contributed by atoms with Crippen LogP contribution in [0.1, 0.15) is 98.2 Å². The Bertz CT molecular complexity index is 444. The van der Waals surface area contributed by atoms with Crippen molar-refractivity contribution in [1.29, 1.82) is 0 Å². The first-order chi connectivity index (χ1) is 12.3.